The monoisotopic (exact) mass is 274 g/mol. The van der Waals surface area contributed by atoms with E-state index in [4.69, 9.17) is 4.74 Å². The SMILES string of the molecule is C=C(COC1CCC(C)(C)CC1)[B-](F)(F)F.[K+]. The largest absolute Gasteiger partial charge is 1.00 e. The second-order valence-corrected chi connectivity index (χ2v) is 5.41. The molecule has 6 heteroatoms. The Hall–Kier alpha value is 1.19. The fourth-order valence-corrected chi connectivity index (χ4v) is 1.86. The molecule has 0 spiro atoms. The average molecular weight is 274 g/mol. The van der Waals surface area contributed by atoms with Crippen molar-refractivity contribution in [2.45, 2.75) is 45.6 Å². The van der Waals surface area contributed by atoms with Crippen LogP contribution in [0.25, 0.3) is 0 Å². The van der Waals surface area contributed by atoms with E-state index in [9.17, 15) is 12.9 Å². The molecule has 1 aliphatic carbocycles. The first-order chi connectivity index (χ1) is 7.21. The van der Waals surface area contributed by atoms with Gasteiger partial charge in [0.1, 0.15) is 0 Å². The molecule has 0 amide bonds. The molecule has 0 heterocycles. The summed E-state index contributed by atoms with van der Waals surface area (Å²) >= 11 is 0. The summed E-state index contributed by atoms with van der Waals surface area (Å²) in [5, 5.41) is 0. The zero-order chi connectivity index (χ0) is 12.4. The molecular weight excluding hydrogens is 255 g/mol. The Morgan fingerprint density at radius 2 is 1.76 bits per heavy atom. The van der Waals surface area contributed by atoms with Gasteiger partial charge >= 0.3 is 58.4 Å². The van der Waals surface area contributed by atoms with Gasteiger partial charge in [-0.2, -0.15) is 0 Å². The summed E-state index contributed by atoms with van der Waals surface area (Å²) in [4.78, 5) is 0. The maximum atomic E-state index is 12.2. The molecule has 0 bridgehead atoms. The molecule has 1 nitrogen and oxygen atoms in total. The van der Waals surface area contributed by atoms with Crippen molar-refractivity contribution >= 4 is 6.98 Å². The van der Waals surface area contributed by atoms with Gasteiger partial charge in [0.25, 0.3) is 0 Å². The third kappa shape index (κ3) is 6.78. The molecule has 0 aromatic carbocycles. The van der Waals surface area contributed by atoms with Gasteiger partial charge in [0, 0.05) is 6.61 Å². The number of halogens is 3. The van der Waals surface area contributed by atoms with Gasteiger partial charge in [-0.1, -0.05) is 13.8 Å². The number of hydrogen-bond donors (Lipinski definition) is 0. The van der Waals surface area contributed by atoms with E-state index >= 15 is 0 Å². The Bertz CT molecular complexity index is 256. The fraction of sp³-hybridized carbons (Fsp3) is 0.818. The second-order valence-electron chi connectivity index (χ2n) is 5.41. The molecule has 1 fully saturated rings. The van der Waals surface area contributed by atoms with E-state index in [1.54, 1.807) is 0 Å². The first-order valence-corrected chi connectivity index (χ1v) is 5.70. The van der Waals surface area contributed by atoms with Crippen LogP contribution in [0.1, 0.15) is 39.5 Å². The van der Waals surface area contributed by atoms with Gasteiger partial charge in [-0.15, -0.1) is 12.1 Å². The molecule has 94 valence electrons. The predicted molar refractivity (Wildman–Crippen MR) is 60.2 cm³/mol. The second kappa shape index (κ2) is 7.10. The summed E-state index contributed by atoms with van der Waals surface area (Å²) in [7, 11) is 0. The molecule has 0 aromatic heterocycles. The van der Waals surface area contributed by atoms with Crippen LogP contribution in [-0.4, -0.2) is 19.7 Å². The summed E-state index contributed by atoms with van der Waals surface area (Å²) in [6, 6.07) is 0. The van der Waals surface area contributed by atoms with Crippen LogP contribution in [0.2, 0.25) is 0 Å². The standard InChI is InChI=1S/C11H19BF3O.K/c1-9(12(13,14)15)8-16-10-4-6-11(2,3)7-5-10;/h10H,1,4-8H2,2-3H3;/q-1;+1. The van der Waals surface area contributed by atoms with Crippen molar-refractivity contribution in [3.05, 3.63) is 12.1 Å². The van der Waals surface area contributed by atoms with Crippen LogP contribution in [0.5, 0.6) is 0 Å². The molecule has 0 aromatic rings. The summed E-state index contributed by atoms with van der Waals surface area (Å²) < 4.78 is 41.9. The third-order valence-electron chi connectivity index (χ3n) is 3.25. The molecular formula is C11H19BF3KO. The predicted octanol–water partition coefficient (Wildman–Crippen LogP) is 0.919. The molecule has 0 saturated heterocycles. The van der Waals surface area contributed by atoms with Gasteiger partial charge in [-0.25, -0.2) is 0 Å². The van der Waals surface area contributed by atoms with Crippen molar-refractivity contribution in [3.8, 4) is 0 Å². The Labute approximate surface area is 144 Å². The van der Waals surface area contributed by atoms with Crippen molar-refractivity contribution in [2.75, 3.05) is 6.61 Å². The van der Waals surface area contributed by atoms with Crippen LogP contribution in [0.3, 0.4) is 0 Å². The topological polar surface area (TPSA) is 9.23 Å². The summed E-state index contributed by atoms with van der Waals surface area (Å²) in [6.45, 7) is 2.07. The van der Waals surface area contributed by atoms with Crippen LogP contribution < -0.4 is 51.4 Å². The zero-order valence-electron chi connectivity index (χ0n) is 10.9. The van der Waals surface area contributed by atoms with Crippen LogP contribution in [-0.2, 0) is 4.74 Å². The Morgan fingerprint density at radius 1 is 1.29 bits per heavy atom. The average Bonchev–Trinajstić information content (AvgIpc) is 2.14. The molecule has 0 atom stereocenters. The van der Waals surface area contributed by atoms with Crippen molar-refractivity contribution in [1.82, 2.24) is 0 Å². The van der Waals surface area contributed by atoms with Gasteiger partial charge in [0.15, 0.2) is 0 Å². The van der Waals surface area contributed by atoms with E-state index in [1.165, 1.54) is 0 Å². The van der Waals surface area contributed by atoms with Gasteiger partial charge in [-0.3, -0.25) is 0 Å². The Kier molecular flexibility index (Phi) is 7.60. The van der Waals surface area contributed by atoms with Crippen LogP contribution >= 0.6 is 0 Å². The molecule has 0 radical (unpaired) electrons. The van der Waals surface area contributed by atoms with E-state index in [0.717, 1.165) is 25.7 Å². The number of rotatable bonds is 4. The minimum absolute atomic E-state index is 0. The van der Waals surface area contributed by atoms with E-state index in [0.29, 0.717) is 5.41 Å². The minimum Gasteiger partial charge on any atom is -0.445 e. The van der Waals surface area contributed by atoms with E-state index in [1.807, 2.05) is 0 Å². The van der Waals surface area contributed by atoms with Crippen molar-refractivity contribution in [3.63, 3.8) is 0 Å². The fourth-order valence-electron chi connectivity index (χ4n) is 1.86. The number of ether oxygens (including phenoxy) is 1. The smallest absolute Gasteiger partial charge is 0.445 e. The molecule has 1 rings (SSSR count). The first-order valence-electron chi connectivity index (χ1n) is 5.70. The van der Waals surface area contributed by atoms with E-state index in [-0.39, 0.29) is 64.1 Å². The number of hydrogen-bond acceptors (Lipinski definition) is 1. The van der Waals surface area contributed by atoms with Crippen LogP contribution in [0.15, 0.2) is 12.1 Å². The van der Waals surface area contributed by atoms with Crippen molar-refractivity contribution in [2.24, 2.45) is 5.41 Å². The van der Waals surface area contributed by atoms with Gasteiger partial charge in [-0.05, 0) is 31.1 Å². The van der Waals surface area contributed by atoms with Gasteiger partial charge < -0.3 is 17.7 Å². The van der Waals surface area contributed by atoms with Crippen LogP contribution in [0.4, 0.5) is 12.9 Å². The Morgan fingerprint density at radius 3 is 2.18 bits per heavy atom. The van der Waals surface area contributed by atoms with Gasteiger partial charge in [0.05, 0.1) is 6.10 Å². The summed E-state index contributed by atoms with van der Waals surface area (Å²) in [5.74, 6) is 0. The van der Waals surface area contributed by atoms with Crippen LogP contribution in [0, 0.1) is 5.41 Å². The quantitative estimate of drug-likeness (QED) is 0.693. The zero-order valence-corrected chi connectivity index (χ0v) is 14.1. The van der Waals surface area contributed by atoms with Crippen molar-refractivity contribution in [1.29, 1.82) is 0 Å². The summed E-state index contributed by atoms with van der Waals surface area (Å²) in [5.41, 5.74) is -0.421. The molecule has 1 aliphatic rings. The molecule has 0 N–H and O–H groups in total. The Balaban J connectivity index is 0.00000256. The normalized spacial score (nSPS) is 20.8. The van der Waals surface area contributed by atoms with E-state index < -0.39 is 12.4 Å². The van der Waals surface area contributed by atoms with Gasteiger partial charge in [0.2, 0.25) is 0 Å². The molecule has 1 saturated carbocycles. The molecule has 0 aliphatic heterocycles. The third-order valence-corrected chi connectivity index (χ3v) is 3.25. The molecule has 17 heavy (non-hydrogen) atoms. The van der Waals surface area contributed by atoms with Crippen molar-refractivity contribution < 1.29 is 69.1 Å². The summed E-state index contributed by atoms with van der Waals surface area (Å²) in [6.07, 6.45) is 3.71. The minimum atomic E-state index is -4.94. The first kappa shape index (κ1) is 18.2. The molecule has 0 unspecified atom stereocenters. The van der Waals surface area contributed by atoms with E-state index in [2.05, 4.69) is 20.4 Å². The maximum Gasteiger partial charge on any atom is 1.00 e. The maximum absolute atomic E-state index is 12.2.